The second-order valence-electron chi connectivity index (χ2n) is 7.29. The van der Waals surface area contributed by atoms with Gasteiger partial charge in [-0.3, -0.25) is 9.79 Å². The van der Waals surface area contributed by atoms with Gasteiger partial charge in [-0.25, -0.2) is 4.39 Å². The lowest BCUT2D eigenvalue weighted by Crippen LogP contribution is -2.49. The molecule has 3 rings (SSSR count). The minimum Gasteiger partial charge on any atom is -0.497 e. The number of guanidine groups is 1. The Balaban J connectivity index is 0.00000363. The standard InChI is InChI=1S/C23H30FN5O2.HI/c1-25-23(27-17-18-3-9-21(31-2)10-4-18)26-12-11-22(30)29-15-13-28(14-16-29)20-7-5-19(24)6-8-20;/h3-10H,11-17H2,1-2H3,(H2,25,26,27);1H. The van der Waals surface area contributed by atoms with Crippen LogP contribution in [0.4, 0.5) is 10.1 Å². The van der Waals surface area contributed by atoms with Crippen molar-refractivity contribution < 1.29 is 13.9 Å². The van der Waals surface area contributed by atoms with Crippen LogP contribution in [-0.4, -0.2) is 63.6 Å². The van der Waals surface area contributed by atoms with E-state index >= 15 is 0 Å². The lowest BCUT2D eigenvalue weighted by Gasteiger charge is -2.36. The largest absolute Gasteiger partial charge is 0.497 e. The molecule has 7 nitrogen and oxygen atoms in total. The van der Waals surface area contributed by atoms with Crippen molar-refractivity contribution in [3.63, 3.8) is 0 Å². The summed E-state index contributed by atoms with van der Waals surface area (Å²) >= 11 is 0. The Bertz CT molecular complexity index is 869. The SMILES string of the molecule is CN=C(NCCC(=O)N1CCN(c2ccc(F)cc2)CC1)NCc1ccc(OC)cc1.I. The number of ether oxygens (including phenoxy) is 1. The van der Waals surface area contributed by atoms with E-state index in [4.69, 9.17) is 4.74 Å². The van der Waals surface area contributed by atoms with Gasteiger partial charge in [0.15, 0.2) is 5.96 Å². The van der Waals surface area contributed by atoms with Crippen LogP contribution in [-0.2, 0) is 11.3 Å². The molecule has 1 aliphatic heterocycles. The molecule has 1 heterocycles. The highest BCUT2D eigenvalue weighted by Gasteiger charge is 2.21. The molecule has 1 fully saturated rings. The zero-order chi connectivity index (χ0) is 22.1. The Labute approximate surface area is 206 Å². The smallest absolute Gasteiger partial charge is 0.224 e. The number of nitrogens with zero attached hydrogens (tertiary/aromatic N) is 3. The minimum atomic E-state index is -0.237. The van der Waals surface area contributed by atoms with Crippen LogP contribution in [0.25, 0.3) is 0 Å². The second kappa shape index (κ2) is 13.1. The summed E-state index contributed by atoms with van der Waals surface area (Å²) in [7, 11) is 3.35. The average molecular weight is 555 g/mol. The highest BCUT2D eigenvalue weighted by atomic mass is 127. The Hall–Kier alpha value is -2.56. The predicted octanol–water partition coefficient (Wildman–Crippen LogP) is 2.86. The Morgan fingerprint density at radius 3 is 2.28 bits per heavy atom. The molecule has 2 N–H and O–H groups in total. The fourth-order valence-electron chi connectivity index (χ4n) is 3.46. The van der Waals surface area contributed by atoms with E-state index in [1.165, 1.54) is 12.1 Å². The lowest BCUT2D eigenvalue weighted by molar-refractivity contribution is -0.131. The monoisotopic (exact) mass is 555 g/mol. The molecule has 1 aliphatic rings. The predicted molar refractivity (Wildman–Crippen MR) is 136 cm³/mol. The quantitative estimate of drug-likeness (QED) is 0.313. The average Bonchev–Trinajstić information content (AvgIpc) is 2.82. The van der Waals surface area contributed by atoms with Crippen molar-refractivity contribution in [3.8, 4) is 5.75 Å². The van der Waals surface area contributed by atoms with E-state index in [1.807, 2.05) is 29.2 Å². The molecule has 2 aromatic rings. The molecule has 32 heavy (non-hydrogen) atoms. The van der Waals surface area contributed by atoms with E-state index < -0.39 is 0 Å². The number of rotatable bonds is 7. The van der Waals surface area contributed by atoms with E-state index in [9.17, 15) is 9.18 Å². The summed E-state index contributed by atoms with van der Waals surface area (Å²) in [4.78, 5) is 20.8. The molecular formula is C23H31FIN5O2. The van der Waals surface area contributed by atoms with Crippen molar-refractivity contribution in [3.05, 3.63) is 59.9 Å². The Morgan fingerprint density at radius 2 is 1.69 bits per heavy atom. The van der Waals surface area contributed by atoms with Crippen molar-refractivity contribution in [1.29, 1.82) is 0 Å². The zero-order valence-electron chi connectivity index (χ0n) is 18.5. The molecule has 0 spiro atoms. The maximum atomic E-state index is 13.1. The van der Waals surface area contributed by atoms with Crippen molar-refractivity contribution in [2.24, 2.45) is 4.99 Å². The van der Waals surface area contributed by atoms with Crippen molar-refractivity contribution in [1.82, 2.24) is 15.5 Å². The highest BCUT2D eigenvalue weighted by molar-refractivity contribution is 14.0. The van der Waals surface area contributed by atoms with E-state index in [-0.39, 0.29) is 35.7 Å². The van der Waals surface area contributed by atoms with Gasteiger partial charge in [-0.05, 0) is 42.0 Å². The maximum absolute atomic E-state index is 13.1. The molecule has 0 saturated carbocycles. The van der Waals surface area contributed by atoms with Crippen LogP contribution in [0.3, 0.4) is 0 Å². The Kier molecular flexibility index (Phi) is 10.5. The third-order valence-electron chi connectivity index (χ3n) is 5.30. The molecule has 0 unspecified atom stereocenters. The van der Waals surface area contributed by atoms with Gasteiger partial charge in [-0.1, -0.05) is 12.1 Å². The van der Waals surface area contributed by atoms with Crippen molar-refractivity contribution in [2.45, 2.75) is 13.0 Å². The van der Waals surface area contributed by atoms with E-state index in [1.54, 1.807) is 26.3 Å². The van der Waals surface area contributed by atoms with Crippen LogP contribution in [0.1, 0.15) is 12.0 Å². The fraction of sp³-hybridized carbons (Fsp3) is 0.391. The molecule has 0 aromatic heterocycles. The van der Waals surface area contributed by atoms with Gasteiger partial charge in [0.05, 0.1) is 7.11 Å². The topological polar surface area (TPSA) is 69.2 Å². The number of amides is 1. The molecule has 174 valence electrons. The normalized spacial score (nSPS) is 13.9. The lowest BCUT2D eigenvalue weighted by atomic mass is 10.2. The van der Waals surface area contributed by atoms with Crippen molar-refractivity contribution >= 4 is 41.5 Å². The number of halogens is 2. The number of benzene rings is 2. The molecule has 0 bridgehead atoms. The highest BCUT2D eigenvalue weighted by Crippen LogP contribution is 2.17. The second-order valence-corrected chi connectivity index (χ2v) is 7.29. The molecule has 0 aliphatic carbocycles. The number of methoxy groups -OCH3 is 1. The van der Waals surface area contributed by atoms with Gasteiger partial charge < -0.3 is 25.2 Å². The molecular weight excluding hydrogens is 524 g/mol. The first kappa shape index (κ1) is 25.7. The fourth-order valence-corrected chi connectivity index (χ4v) is 3.46. The zero-order valence-corrected chi connectivity index (χ0v) is 20.8. The molecule has 1 saturated heterocycles. The summed E-state index contributed by atoms with van der Waals surface area (Å²) in [6.45, 7) is 3.97. The number of piperazine rings is 1. The van der Waals surface area contributed by atoms with Crippen LogP contribution in [0.2, 0.25) is 0 Å². The van der Waals surface area contributed by atoms with Gasteiger partial charge in [0, 0.05) is 58.4 Å². The summed E-state index contributed by atoms with van der Waals surface area (Å²) < 4.78 is 18.3. The number of hydrogen-bond acceptors (Lipinski definition) is 4. The molecule has 1 amide bonds. The minimum absolute atomic E-state index is 0. The first-order valence-electron chi connectivity index (χ1n) is 10.4. The number of carbonyl (C=O) groups excluding carboxylic acids is 1. The van der Waals surface area contributed by atoms with Gasteiger partial charge in [-0.2, -0.15) is 0 Å². The van der Waals surface area contributed by atoms with E-state index in [0.29, 0.717) is 38.6 Å². The first-order valence-corrected chi connectivity index (χ1v) is 10.4. The van der Waals surface area contributed by atoms with E-state index in [2.05, 4.69) is 20.5 Å². The third-order valence-corrected chi connectivity index (χ3v) is 5.30. The van der Waals surface area contributed by atoms with Crippen LogP contribution in [0.5, 0.6) is 5.75 Å². The molecule has 0 radical (unpaired) electrons. The van der Waals surface area contributed by atoms with Gasteiger partial charge in [-0.15, -0.1) is 24.0 Å². The van der Waals surface area contributed by atoms with Crippen LogP contribution >= 0.6 is 24.0 Å². The third kappa shape index (κ3) is 7.54. The number of nitrogens with one attached hydrogen (secondary N) is 2. The van der Waals surface area contributed by atoms with E-state index in [0.717, 1.165) is 30.1 Å². The summed E-state index contributed by atoms with van der Waals surface area (Å²) in [6.07, 6.45) is 0.403. The number of hydrogen-bond donors (Lipinski definition) is 2. The number of aliphatic imine (C=N–C) groups is 1. The number of anilines is 1. The van der Waals surface area contributed by atoms with Crippen LogP contribution in [0.15, 0.2) is 53.5 Å². The maximum Gasteiger partial charge on any atom is 0.224 e. The number of carbonyl (C=O) groups is 1. The van der Waals surface area contributed by atoms with Gasteiger partial charge in [0.2, 0.25) is 5.91 Å². The van der Waals surface area contributed by atoms with Crippen LogP contribution in [0, 0.1) is 5.82 Å². The van der Waals surface area contributed by atoms with Crippen molar-refractivity contribution in [2.75, 3.05) is 51.8 Å². The van der Waals surface area contributed by atoms with Crippen LogP contribution < -0.4 is 20.3 Å². The van der Waals surface area contributed by atoms with Gasteiger partial charge in [0.25, 0.3) is 0 Å². The summed E-state index contributed by atoms with van der Waals surface area (Å²) in [5.74, 6) is 1.36. The summed E-state index contributed by atoms with van der Waals surface area (Å²) in [5, 5.41) is 6.44. The molecule has 2 aromatic carbocycles. The molecule has 9 heteroatoms. The Morgan fingerprint density at radius 1 is 1.03 bits per heavy atom. The first-order chi connectivity index (χ1) is 15.1. The molecule has 0 atom stereocenters. The van der Waals surface area contributed by atoms with Gasteiger partial charge >= 0.3 is 0 Å². The summed E-state index contributed by atoms with van der Waals surface area (Å²) in [5.41, 5.74) is 2.10. The van der Waals surface area contributed by atoms with Gasteiger partial charge in [0.1, 0.15) is 11.6 Å². The summed E-state index contributed by atoms with van der Waals surface area (Å²) in [6, 6.07) is 14.3.